The number of hydrogen-bond acceptors (Lipinski definition) is 5. The number of hydrogen-bond donors (Lipinski definition) is 2. The quantitative estimate of drug-likeness (QED) is 0.862. The van der Waals surface area contributed by atoms with Gasteiger partial charge in [0, 0.05) is 24.9 Å². The van der Waals surface area contributed by atoms with Crippen molar-refractivity contribution in [3.8, 4) is 0 Å². The molecule has 6 heteroatoms. The summed E-state index contributed by atoms with van der Waals surface area (Å²) in [6.45, 7) is 7.83. The highest BCUT2D eigenvalue weighted by molar-refractivity contribution is 7.13. The Morgan fingerprint density at radius 3 is 2.95 bits per heavy atom. The lowest BCUT2D eigenvalue weighted by Gasteiger charge is -2.33. The Bertz CT molecular complexity index is 415. The fourth-order valence-electron chi connectivity index (χ4n) is 2.47. The molecule has 1 aromatic rings. The van der Waals surface area contributed by atoms with Crippen LogP contribution in [0, 0.1) is 0 Å². The van der Waals surface area contributed by atoms with E-state index in [2.05, 4.69) is 27.4 Å². The van der Waals surface area contributed by atoms with Crippen molar-refractivity contribution in [1.82, 2.24) is 15.2 Å². The third-order valence-electron chi connectivity index (χ3n) is 3.43. The second kappa shape index (κ2) is 6.98. The molecule has 1 amide bonds. The number of nitrogens with zero attached hydrogens (tertiary/aromatic N) is 2. The van der Waals surface area contributed by atoms with Gasteiger partial charge in [0.1, 0.15) is 0 Å². The molecule has 0 aromatic carbocycles. The number of anilines is 1. The molecule has 1 fully saturated rings. The third kappa shape index (κ3) is 4.26. The molecule has 1 saturated heterocycles. The van der Waals surface area contributed by atoms with E-state index < -0.39 is 0 Å². The van der Waals surface area contributed by atoms with Crippen LogP contribution in [0.3, 0.4) is 0 Å². The summed E-state index contributed by atoms with van der Waals surface area (Å²) in [5.74, 6) is -0.0633. The smallest absolute Gasteiger partial charge is 0.223 e. The summed E-state index contributed by atoms with van der Waals surface area (Å²) in [6.07, 6.45) is 2.41. The average molecular weight is 282 g/mol. The summed E-state index contributed by atoms with van der Waals surface area (Å²) in [4.78, 5) is 17.9. The van der Waals surface area contributed by atoms with E-state index in [0.29, 0.717) is 11.2 Å². The molecule has 0 unspecified atom stereocenters. The number of amides is 1. The highest BCUT2D eigenvalue weighted by Gasteiger charge is 2.20. The standard InChI is InChI=1S/C13H22N4OS/c1-3-17(12-4-6-14-7-5-12)8-11-9-19-13(16-11)15-10(2)18/h9,12,14H,3-8H2,1-2H3,(H,15,16,18). The van der Waals surface area contributed by atoms with E-state index in [1.165, 1.54) is 31.1 Å². The highest BCUT2D eigenvalue weighted by Crippen LogP contribution is 2.19. The van der Waals surface area contributed by atoms with E-state index in [0.717, 1.165) is 31.9 Å². The largest absolute Gasteiger partial charge is 0.317 e. The molecule has 0 spiro atoms. The Labute approximate surface area is 118 Å². The molecular weight excluding hydrogens is 260 g/mol. The Balaban J connectivity index is 1.93. The van der Waals surface area contributed by atoms with Crippen LogP contribution in [0.2, 0.25) is 0 Å². The maximum absolute atomic E-state index is 11.0. The lowest BCUT2D eigenvalue weighted by Crippen LogP contribution is -2.42. The Kier molecular flexibility index (Phi) is 5.30. The van der Waals surface area contributed by atoms with Gasteiger partial charge in [0.15, 0.2) is 5.13 Å². The molecular formula is C13H22N4OS. The van der Waals surface area contributed by atoms with Crippen LogP contribution in [-0.2, 0) is 11.3 Å². The molecule has 0 bridgehead atoms. The van der Waals surface area contributed by atoms with Gasteiger partial charge in [-0.05, 0) is 32.5 Å². The van der Waals surface area contributed by atoms with Gasteiger partial charge in [-0.1, -0.05) is 6.92 Å². The number of nitrogens with one attached hydrogen (secondary N) is 2. The van der Waals surface area contributed by atoms with Gasteiger partial charge in [0.05, 0.1) is 5.69 Å². The fraction of sp³-hybridized carbons (Fsp3) is 0.692. The van der Waals surface area contributed by atoms with Crippen LogP contribution in [0.4, 0.5) is 5.13 Å². The zero-order valence-corrected chi connectivity index (χ0v) is 12.4. The van der Waals surface area contributed by atoms with Crippen molar-refractivity contribution >= 4 is 22.4 Å². The van der Waals surface area contributed by atoms with E-state index in [-0.39, 0.29) is 5.91 Å². The predicted octanol–water partition coefficient (Wildman–Crippen LogP) is 1.68. The monoisotopic (exact) mass is 282 g/mol. The van der Waals surface area contributed by atoms with E-state index in [4.69, 9.17) is 0 Å². The van der Waals surface area contributed by atoms with Crippen molar-refractivity contribution < 1.29 is 4.79 Å². The molecule has 1 aromatic heterocycles. The summed E-state index contributed by atoms with van der Waals surface area (Å²) in [6, 6.07) is 0.650. The van der Waals surface area contributed by atoms with Crippen LogP contribution in [0.1, 0.15) is 32.4 Å². The topological polar surface area (TPSA) is 57.3 Å². The Morgan fingerprint density at radius 1 is 1.58 bits per heavy atom. The molecule has 106 valence electrons. The lowest BCUT2D eigenvalue weighted by molar-refractivity contribution is -0.114. The van der Waals surface area contributed by atoms with Crippen LogP contribution in [-0.4, -0.2) is 41.5 Å². The second-order valence-electron chi connectivity index (χ2n) is 4.87. The van der Waals surface area contributed by atoms with Gasteiger partial charge >= 0.3 is 0 Å². The molecule has 2 heterocycles. The first-order valence-corrected chi connectivity index (χ1v) is 7.73. The molecule has 1 aliphatic heterocycles. The van der Waals surface area contributed by atoms with Gasteiger partial charge in [0.25, 0.3) is 0 Å². The first-order chi connectivity index (χ1) is 9.19. The van der Waals surface area contributed by atoms with Crippen molar-refractivity contribution in [2.24, 2.45) is 0 Å². The SMILES string of the molecule is CCN(Cc1csc(NC(C)=O)n1)C1CCNCC1. The number of carbonyl (C=O) groups excluding carboxylic acids is 1. The van der Waals surface area contributed by atoms with Crippen molar-refractivity contribution in [2.45, 2.75) is 39.3 Å². The minimum Gasteiger partial charge on any atom is -0.317 e. The van der Waals surface area contributed by atoms with Crippen LogP contribution in [0.5, 0.6) is 0 Å². The molecule has 0 atom stereocenters. The van der Waals surface area contributed by atoms with Crippen LogP contribution < -0.4 is 10.6 Å². The van der Waals surface area contributed by atoms with Gasteiger partial charge in [-0.3, -0.25) is 9.69 Å². The van der Waals surface area contributed by atoms with Crippen LogP contribution >= 0.6 is 11.3 Å². The van der Waals surface area contributed by atoms with E-state index >= 15 is 0 Å². The molecule has 19 heavy (non-hydrogen) atoms. The van der Waals surface area contributed by atoms with Crippen molar-refractivity contribution in [2.75, 3.05) is 25.0 Å². The highest BCUT2D eigenvalue weighted by atomic mass is 32.1. The van der Waals surface area contributed by atoms with Crippen LogP contribution in [0.15, 0.2) is 5.38 Å². The average Bonchev–Trinajstić information content (AvgIpc) is 2.83. The molecule has 1 aliphatic rings. The third-order valence-corrected chi connectivity index (χ3v) is 4.24. The van der Waals surface area contributed by atoms with Crippen molar-refractivity contribution in [1.29, 1.82) is 0 Å². The van der Waals surface area contributed by atoms with Crippen LogP contribution in [0.25, 0.3) is 0 Å². The minimum atomic E-state index is -0.0633. The lowest BCUT2D eigenvalue weighted by atomic mass is 10.0. The molecule has 0 saturated carbocycles. The second-order valence-corrected chi connectivity index (χ2v) is 5.73. The van der Waals surface area contributed by atoms with Gasteiger partial charge < -0.3 is 10.6 Å². The predicted molar refractivity (Wildman–Crippen MR) is 78.4 cm³/mol. The number of rotatable bonds is 5. The maximum Gasteiger partial charge on any atom is 0.223 e. The van der Waals surface area contributed by atoms with E-state index in [1.807, 2.05) is 5.38 Å². The van der Waals surface area contributed by atoms with Gasteiger partial charge in [-0.2, -0.15) is 0 Å². The number of piperidine rings is 1. The van der Waals surface area contributed by atoms with Crippen molar-refractivity contribution in [3.63, 3.8) is 0 Å². The summed E-state index contributed by atoms with van der Waals surface area (Å²) < 4.78 is 0. The first-order valence-electron chi connectivity index (χ1n) is 6.85. The Hall–Kier alpha value is -0.980. The molecule has 5 nitrogen and oxygen atoms in total. The Morgan fingerprint density at radius 2 is 2.32 bits per heavy atom. The summed E-state index contributed by atoms with van der Waals surface area (Å²) in [5.41, 5.74) is 1.05. The maximum atomic E-state index is 11.0. The van der Waals surface area contributed by atoms with Crippen molar-refractivity contribution in [3.05, 3.63) is 11.1 Å². The van der Waals surface area contributed by atoms with E-state index in [9.17, 15) is 4.79 Å². The minimum absolute atomic E-state index is 0.0633. The summed E-state index contributed by atoms with van der Waals surface area (Å²) >= 11 is 1.49. The number of carbonyl (C=O) groups is 1. The zero-order valence-electron chi connectivity index (χ0n) is 11.6. The fourth-order valence-corrected chi connectivity index (χ4v) is 3.21. The van der Waals surface area contributed by atoms with Gasteiger partial charge in [-0.15, -0.1) is 11.3 Å². The normalized spacial score (nSPS) is 16.8. The number of aromatic nitrogens is 1. The van der Waals surface area contributed by atoms with E-state index in [1.54, 1.807) is 0 Å². The molecule has 0 aliphatic carbocycles. The zero-order chi connectivity index (χ0) is 13.7. The first kappa shape index (κ1) is 14.4. The molecule has 0 radical (unpaired) electrons. The van der Waals surface area contributed by atoms with Gasteiger partial charge in [-0.25, -0.2) is 4.98 Å². The number of thiazole rings is 1. The molecule has 2 rings (SSSR count). The summed E-state index contributed by atoms with van der Waals surface area (Å²) in [7, 11) is 0. The summed E-state index contributed by atoms with van der Waals surface area (Å²) in [5, 5.41) is 8.87. The molecule has 2 N–H and O–H groups in total. The van der Waals surface area contributed by atoms with Gasteiger partial charge in [0.2, 0.25) is 5.91 Å².